The maximum atomic E-state index is 12.4. The summed E-state index contributed by atoms with van der Waals surface area (Å²) in [6, 6.07) is 11.3. The molecule has 2 amide bonds. The molecule has 0 aliphatic heterocycles. The molecule has 1 heterocycles. The summed E-state index contributed by atoms with van der Waals surface area (Å²) in [6.07, 6.45) is 16.7. The highest BCUT2D eigenvalue weighted by Crippen LogP contribution is 2.39. The first-order valence-corrected chi connectivity index (χ1v) is 19.4. The lowest BCUT2D eigenvalue weighted by atomic mass is 10.1. The number of nitrogens with zero attached hydrogens (tertiary/aromatic N) is 1. The smallest absolute Gasteiger partial charge is 0.286 e. The fourth-order valence-corrected chi connectivity index (χ4v) is 6.64. The van der Waals surface area contributed by atoms with Gasteiger partial charge in [-0.1, -0.05) is 58.5 Å². The van der Waals surface area contributed by atoms with E-state index in [4.69, 9.17) is 28.4 Å². The molecule has 0 bridgehead atoms. The van der Waals surface area contributed by atoms with Gasteiger partial charge in [0.15, 0.2) is 41.6 Å². The van der Waals surface area contributed by atoms with Crippen molar-refractivity contribution in [1.29, 1.82) is 0 Å². The predicted molar refractivity (Wildman–Crippen MR) is 218 cm³/mol. The second kappa shape index (κ2) is 24.1. The van der Waals surface area contributed by atoms with Gasteiger partial charge in [-0.3, -0.25) is 9.59 Å². The average Bonchev–Trinajstić information content (AvgIpc) is 3.20. The fourth-order valence-electron chi connectivity index (χ4n) is 4.83. The van der Waals surface area contributed by atoms with E-state index in [0.29, 0.717) is 47.6 Å². The Kier molecular flexibility index (Phi) is 19.2. The standard InChI is InChI=1S/C40H48N4O8S2/c1-8-29(9-11-31-23-33(47-2)39(51-6)34(24-31)48-3)13-16-41-27-37(45)42-17-21-53-54-22-18-43-38(46)28-44-19-14-30(15-20-44)10-12-32-25-35(49-4)40(52-7)36(26-32)50-5/h8-16,19-20,23-26H,1,17-18,21-22,27-28H2,2-7H3,(H-,42,43,45,46)/p+2/b11-9+,12-10+,29-13+,41-16?. The maximum Gasteiger partial charge on any atom is 0.286 e. The summed E-state index contributed by atoms with van der Waals surface area (Å²) in [7, 11) is 12.7. The molecular weight excluding hydrogens is 729 g/mol. The number of nitrogens with one attached hydrogen (secondary N) is 3. The van der Waals surface area contributed by atoms with Crippen molar-refractivity contribution in [2.24, 2.45) is 0 Å². The summed E-state index contributed by atoms with van der Waals surface area (Å²) in [5, 5.41) is 5.85. The van der Waals surface area contributed by atoms with Gasteiger partial charge in [0.1, 0.15) is 0 Å². The molecule has 3 N–H and O–H groups in total. The third kappa shape index (κ3) is 14.2. The number of methoxy groups -OCH3 is 6. The molecule has 1 aromatic heterocycles. The van der Waals surface area contributed by atoms with Gasteiger partial charge in [-0.05, 0) is 46.5 Å². The van der Waals surface area contributed by atoms with Crippen molar-refractivity contribution >= 4 is 57.8 Å². The summed E-state index contributed by atoms with van der Waals surface area (Å²) in [5.41, 5.74) is 3.58. The molecule has 14 heteroatoms. The largest absolute Gasteiger partial charge is 0.493 e. The lowest BCUT2D eigenvalue weighted by Crippen LogP contribution is -2.72. The van der Waals surface area contributed by atoms with Crippen molar-refractivity contribution in [2.75, 3.05) is 73.8 Å². The second-order valence-electron chi connectivity index (χ2n) is 11.2. The first-order valence-electron chi connectivity index (χ1n) is 16.9. The monoisotopic (exact) mass is 778 g/mol. The molecule has 0 unspecified atom stereocenters. The molecule has 288 valence electrons. The van der Waals surface area contributed by atoms with Gasteiger partial charge >= 0.3 is 0 Å². The van der Waals surface area contributed by atoms with Crippen LogP contribution in [0.25, 0.3) is 18.2 Å². The van der Waals surface area contributed by atoms with Crippen molar-refractivity contribution < 1.29 is 47.6 Å². The quantitative estimate of drug-likeness (QED) is 0.0430. The molecule has 3 rings (SSSR count). The molecule has 54 heavy (non-hydrogen) atoms. The van der Waals surface area contributed by atoms with Crippen LogP contribution < -0.4 is 48.6 Å². The van der Waals surface area contributed by atoms with Crippen LogP contribution in [-0.2, 0) is 16.1 Å². The predicted octanol–water partition coefficient (Wildman–Crippen LogP) is 3.79. The molecule has 3 aromatic rings. The van der Waals surface area contributed by atoms with Crippen LogP contribution in [0, 0.1) is 0 Å². The topological polar surface area (TPSA) is 131 Å². The van der Waals surface area contributed by atoms with Crippen LogP contribution in [-0.4, -0.2) is 91.8 Å². The molecule has 0 saturated carbocycles. The summed E-state index contributed by atoms with van der Waals surface area (Å²) >= 11 is 0. The first kappa shape index (κ1) is 43.1. The summed E-state index contributed by atoms with van der Waals surface area (Å²) < 4.78 is 34.3. The number of hydrogen-bond donors (Lipinski definition) is 3. The third-order valence-corrected chi connectivity index (χ3v) is 9.95. The zero-order chi connectivity index (χ0) is 39.1. The van der Waals surface area contributed by atoms with E-state index in [2.05, 4.69) is 22.2 Å². The van der Waals surface area contributed by atoms with Gasteiger partial charge in [0.25, 0.3) is 11.8 Å². The number of carbonyl (C=O) groups is 2. The zero-order valence-electron chi connectivity index (χ0n) is 31.6. The SMILES string of the molecule is C=CC(/C=C/c1cc(OC)c(OC)c(OC)c1)=C\C=[NH+]CC(=O)NCCSSCCNC(=O)C[n+]1ccc(/C=C/c2cc(OC)c(OC)c(OC)c2)cc1. The number of aromatic nitrogens is 1. The fraction of sp³-hybridized carbons (Fsp3) is 0.300. The molecule has 2 aromatic carbocycles. The van der Waals surface area contributed by atoms with Crippen LogP contribution in [0.1, 0.15) is 16.7 Å². The van der Waals surface area contributed by atoms with Crippen molar-refractivity contribution in [3.05, 3.63) is 95.9 Å². The number of carbonyl (C=O) groups excluding carboxylic acids is 2. The van der Waals surface area contributed by atoms with E-state index in [1.807, 2.05) is 83.7 Å². The average molecular weight is 779 g/mol. The zero-order valence-corrected chi connectivity index (χ0v) is 33.3. The Morgan fingerprint density at radius 1 is 0.704 bits per heavy atom. The molecule has 0 aliphatic rings. The van der Waals surface area contributed by atoms with Crippen LogP contribution in [0.15, 0.2) is 79.2 Å². The van der Waals surface area contributed by atoms with Gasteiger partial charge in [-0.25, -0.2) is 4.99 Å². The highest BCUT2D eigenvalue weighted by Gasteiger charge is 2.14. The molecule has 0 spiro atoms. The number of pyridine rings is 1. The van der Waals surface area contributed by atoms with Crippen molar-refractivity contribution in [2.45, 2.75) is 6.54 Å². The van der Waals surface area contributed by atoms with E-state index in [-0.39, 0.29) is 24.9 Å². The van der Waals surface area contributed by atoms with Gasteiger partial charge in [-0.2, -0.15) is 4.57 Å². The second-order valence-corrected chi connectivity index (χ2v) is 13.9. The normalized spacial score (nSPS) is 11.5. The van der Waals surface area contributed by atoms with Gasteiger partial charge < -0.3 is 39.1 Å². The molecule has 0 atom stereocenters. The number of hydrogen-bond acceptors (Lipinski definition) is 10. The summed E-state index contributed by atoms with van der Waals surface area (Å²) in [5.74, 6) is 4.71. The lowest BCUT2D eigenvalue weighted by molar-refractivity contribution is -0.684. The van der Waals surface area contributed by atoms with Gasteiger partial charge in [0.2, 0.25) is 24.6 Å². The minimum Gasteiger partial charge on any atom is -0.493 e. The lowest BCUT2D eigenvalue weighted by Gasteiger charge is -2.12. The highest BCUT2D eigenvalue weighted by molar-refractivity contribution is 8.76. The van der Waals surface area contributed by atoms with Crippen molar-refractivity contribution in [3.63, 3.8) is 0 Å². The third-order valence-electron chi connectivity index (χ3n) is 7.54. The van der Waals surface area contributed by atoms with E-state index in [1.165, 1.54) is 0 Å². The Hall–Kier alpha value is -5.34. The Bertz CT molecular complexity index is 1760. The van der Waals surface area contributed by atoms with Crippen molar-refractivity contribution in [1.82, 2.24) is 10.6 Å². The van der Waals surface area contributed by atoms with E-state index < -0.39 is 0 Å². The van der Waals surface area contributed by atoms with Gasteiger partial charge in [-0.15, -0.1) is 0 Å². The minimum absolute atomic E-state index is 0.0625. The summed E-state index contributed by atoms with van der Waals surface area (Å²) in [4.78, 5) is 27.6. The Balaban J connectivity index is 1.29. The molecule has 0 saturated heterocycles. The van der Waals surface area contributed by atoms with Crippen molar-refractivity contribution in [3.8, 4) is 34.5 Å². The number of rotatable bonds is 23. The number of allylic oxidation sites excluding steroid dienone is 4. The van der Waals surface area contributed by atoms with E-state index >= 15 is 0 Å². The van der Waals surface area contributed by atoms with Gasteiger partial charge in [0, 0.05) is 42.8 Å². The Morgan fingerprint density at radius 3 is 1.67 bits per heavy atom. The number of benzene rings is 2. The molecular formula is C40H50N4O8S2+2. The Morgan fingerprint density at radius 2 is 1.19 bits per heavy atom. The molecule has 12 nitrogen and oxygen atoms in total. The number of amides is 2. The van der Waals surface area contributed by atoms with Crippen LogP contribution in [0.5, 0.6) is 34.5 Å². The van der Waals surface area contributed by atoms with Crippen LogP contribution in [0.3, 0.4) is 0 Å². The van der Waals surface area contributed by atoms with Crippen LogP contribution in [0.2, 0.25) is 0 Å². The van der Waals surface area contributed by atoms with E-state index in [0.717, 1.165) is 33.8 Å². The number of ether oxygens (including phenoxy) is 6. The molecule has 0 radical (unpaired) electrons. The molecule has 0 aliphatic carbocycles. The van der Waals surface area contributed by atoms with E-state index in [9.17, 15) is 9.59 Å². The molecule has 0 fully saturated rings. The minimum atomic E-state index is -0.106. The first-order chi connectivity index (χ1) is 26.3. The summed E-state index contributed by atoms with van der Waals surface area (Å²) in [6.45, 7) is 5.32. The van der Waals surface area contributed by atoms with E-state index in [1.54, 1.807) is 76.5 Å². The van der Waals surface area contributed by atoms with Gasteiger partial charge in [0.05, 0.1) is 42.7 Å². The Labute approximate surface area is 325 Å². The maximum absolute atomic E-state index is 12.4. The van der Waals surface area contributed by atoms with Crippen LogP contribution in [0.4, 0.5) is 0 Å². The van der Waals surface area contributed by atoms with Crippen LogP contribution >= 0.6 is 21.6 Å². The highest BCUT2D eigenvalue weighted by atomic mass is 33.1.